The van der Waals surface area contributed by atoms with Crippen molar-refractivity contribution >= 4 is 34.5 Å². The Balaban J connectivity index is 1.78. The molecule has 6 N–H and O–H groups in total. The maximum atomic E-state index is 13.1. The summed E-state index contributed by atoms with van der Waals surface area (Å²) in [4.78, 5) is 36.0. The van der Waals surface area contributed by atoms with E-state index in [0.29, 0.717) is 16.7 Å². The molecule has 0 saturated heterocycles. The lowest BCUT2D eigenvalue weighted by atomic mass is 9.97. The number of nitrogens with zero attached hydrogens (tertiary/aromatic N) is 2. The van der Waals surface area contributed by atoms with Gasteiger partial charge in [-0.15, -0.1) is 0 Å². The topological polar surface area (TPSA) is 163 Å². The number of ether oxygens (including phenoxy) is 1. The number of carboxylic acid groups (broad SMARTS) is 1. The number of methoxy groups -OCH3 is 1. The minimum atomic E-state index is -1.25. The van der Waals surface area contributed by atoms with E-state index in [9.17, 15) is 19.8 Å². The molecule has 0 radical (unpaired) electrons. The van der Waals surface area contributed by atoms with E-state index in [1.807, 2.05) is 0 Å². The lowest BCUT2D eigenvalue weighted by Gasteiger charge is -2.13. The predicted octanol–water partition coefficient (Wildman–Crippen LogP) is 2.87. The minimum absolute atomic E-state index is 0.0447. The lowest BCUT2D eigenvalue weighted by molar-refractivity contribution is 0.0697. The Hall–Kier alpha value is -4.60. The molecule has 0 aliphatic carbocycles. The van der Waals surface area contributed by atoms with Crippen LogP contribution in [-0.4, -0.2) is 44.2 Å². The minimum Gasteiger partial charge on any atom is -0.508 e. The van der Waals surface area contributed by atoms with Crippen molar-refractivity contribution < 1.29 is 24.5 Å². The first kappa shape index (κ1) is 19.7. The number of nitrogens with one attached hydrogen (secondary N) is 2. The first-order chi connectivity index (χ1) is 14.9. The zero-order valence-corrected chi connectivity index (χ0v) is 16.2. The summed E-state index contributed by atoms with van der Waals surface area (Å²) in [5, 5.41) is 22.0. The van der Waals surface area contributed by atoms with Crippen molar-refractivity contribution in [3.05, 3.63) is 59.8 Å². The molecule has 0 aliphatic rings. The predicted molar refractivity (Wildman–Crippen MR) is 113 cm³/mol. The fraction of sp³-hybridized carbons (Fsp3) is 0.0476. The van der Waals surface area contributed by atoms with Crippen LogP contribution in [0.3, 0.4) is 0 Å². The van der Waals surface area contributed by atoms with Crippen molar-refractivity contribution in [1.82, 2.24) is 15.0 Å². The van der Waals surface area contributed by atoms with Gasteiger partial charge in [0.25, 0.3) is 5.91 Å². The van der Waals surface area contributed by atoms with E-state index in [0.717, 1.165) is 6.07 Å². The van der Waals surface area contributed by atoms with Crippen molar-refractivity contribution in [2.24, 2.45) is 0 Å². The summed E-state index contributed by atoms with van der Waals surface area (Å²) >= 11 is 0. The summed E-state index contributed by atoms with van der Waals surface area (Å²) in [5.74, 6) is -1.61. The third-order valence-corrected chi connectivity index (χ3v) is 4.58. The Labute approximate surface area is 175 Å². The van der Waals surface area contributed by atoms with E-state index < -0.39 is 11.9 Å². The van der Waals surface area contributed by atoms with Crippen molar-refractivity contribution in [1.29, 1.82) is 0 Å². The van der Waals surface area contributed by atoms with Gasteiger partial charge in [-0.2, -0.15) is 0 Å². The zero-order valence-electron chi connectivity index (χ0n) is 16.2. The Morgan fingerprint density at radius 2 is 1.84 bits per heavy atom. The number of hydrogen-bond acceptors (Lipinski definition) is 7. The number of fused-ring (bicyclic) bond motifs is 1. The van der Waals surface area contributed by atoms with Gasteiger partial charge in [-0.3, -0.25) is 4.79 Å². The molecular weight excluding hydrogens is 402 g/mol. The average Bonchev–Trinajstić information content (AvgIpc) is 3.12. The number of imidazole rings is 1. The molecular formula is C21H17N5O5. The summed E-state index contributed by atoms with van der Waals surface area (Å²) in [6.07, 6.45) is 0. The van der Waals surface area contributed by atoms with Crippen LogP contribution in [0.25, 0.3) is 22.2 Å². The molecule has 4 rings (SSSR count). The number of aromatic hydroxyl groups is 1. The second-order valence-electron chi connectivity index (χ2n) is 6.59. The highest BCUT2D eigenvalue weighted by Gasteiger charge is 2.21. The number of carbonyl (C=O) groups excluding carboxylic acids is 1. The number of carbonyl (C=O) groups is 2. The van der Waals surface area contributed by atoms with Gasteiger partial charge < -0.3 is 31.0 Å². The van der Waals surface area contributed by atoms with E-state index in [-0.39, 0.29) is 40.0 Å². The summed E-state index contributed by atoms with van der Waals surface area (Å²) in [5.41, 5.74) is 7.67. The molecule has 1 amide bonds. The van der Waals surface area contributed by atoms with Crippen molar-refractivity contribution in [2.45, 2.75) is 0 Å². The van der Waals surface area contributed by atoms with Crippen LogP contribution >= 0.6 is 0 Å². The number of aromatic amines is 1. The molecule has 31 heavy (non-hydrogen) atoms. The lowest BCUT2D eigenvalue weighted by Crippen LogP contribution is -2.16. The summed E-state index contributed by atoms with van der Waals surface area (Å²) in [6.45, 7) is 0. The van der Waals surface area contributed by atoms with Gasteiger partial charge in [-0.25, -0.2) is 14.8 Å². The smallest absolute Gasteiger partial charge is 0.336 e. The second kappa shape index (κ2) is 7.67. The van der Waals surface area contributed by atoms with E-state index in [4.69, 9.17) is 10.5 Å². The van der Waals surface area contributed by atoms with Gasteiger partial charge in [-0.1, -0.05) is 0 Å². The molecule has 0 fully saturated rings. The van der Waals surface area contributed by atoms with Crippen LogP contribution in [0.1, 0.15) is 20.8 Å². The molecule has 4 aromatic rings. The fourth-order valence-electron chi connectivity index (χ4n) is 3.19. The quantitative estimate of drug-likeness (QED) is 0.329. The van der Waals surface area contributed by atoms with Gasteiger partial charge in [0.15, 0.2) is 5.95 Å². The molecule has 2 heterocycles. The number of amides is 1. The van der Waals surface area contributed by atoms with E-state index >= 15 is 0 Å². The van der Waals surface area contributed by atoms with Crippen molar-refractivity contribution in [3.63, 3.8) is 0 Å². The number of nitrogen functional groups attached to an aromatic ring is 1. The van der Waals surface area contributed by atoms with Gasteiger partial charge in [0.2, 0.25) is 5.88 Å². The molecule has 0 unspecified atom stereocenters. The summed E-state index contributed by atoms with van der Waals surface area (Å²) in [6, 6.07) is 11.9. The Kier molecular flexibility index (Phi) is 4.88. The molecule has 0 spiro atoms. The Bertz CT molecular complexity index is 1330. The Morgan fingerprint density at radius 1 is 1.06 bits per heavy atom. The molecule has 0 bridgehead atoms. The average molecular weight is 419 g/mol. The number of benzene rings is 2. The first-order valence-corrected chi connectivity index (χ1v) is 9.04. The number of H-pyrrole nitrogens is 1. The third kappa shape index (κ3) is 3.81. The van der Waals surface area contributed by atoms with Crippen LogP contribution in [0.2, 0.25) is 0 Å². The van der Waals surface area contributed by atoms with Crippen LogP contribution in [0.5, 0.6) is 11.6 Å². The number of phenols is 1. The van der Waals surface area contributed by atoms with Gasteiger partial charge >= 0.3 is 5.97 Å². The largest absolute Gasteiger partial charge is 0.508 e. The van der Waals surface area contributed by atoms with Crippen molar-refractivity contribution in [2.75, 3.05) is 18.2 Å². The molecule has 2 aromatic heterocycles. The van der Waals surface area contributed by atoms with Gasteiger partial charge in [0.05, 0.1) is 23.7 Å². The van der Waals surface area contributed by atoms with Gasteiger partial charge in [0.1, 0.15) is 11.4 Å². The second-order valence-corrected chi connectivity index (χ2v) is 6.59. The number of nitrogens with two attached hydrogens (primary N) is 1. The maximum absolute atomic E-state index is 13.1. The fourth-order valence-corrected chi connectivity index (χ4v) is 3.19. The van der Waals surface area contributed by atoms with E-state index in [1.54, 1.807) is 24.3 Å². The maximum Gasteiger partial charge on any atom is 0.336 e. The standard InChI is InChI=1S/C21H17N5O5/c1-31-17-7-5-13(12-4-3-11(27)9-14(12)20(29)30)18(26-17)19(28)23-10-2-6-15-16(8-10)25-21(22)24-15/h2-9,27H,1H3,(H,23,28)(H,29,30)(H3,22,24,25). The monoisotopic (exact) mass is 419 g/mol. The van der Waals surface area contributed by atoms with E-state index in [2.05, 4.69) is 20.3 Å². The normalized spacial score (nSPS) is 10.7. The summed E-state index contributed by atoms with van der Waals surface area (Å²) in [7, 11) is 1.41. The first-order valence-electron chi connectivity index (χ1n) is 9.04. The number of rotatable bonds is 5. The number of aromatic carboxylic acids is 1. The third-order valence-electron chi connectivity index (χ3n) is 4.58. The van der Waals surface area contributed by atoms with Crippen molar-refractivity contribution in [3.8, 4) is 22.8 Å². The SMILES string of the molecule is COc1ccc(-c2ccc(O)cc2C(=O)O)c(C(=O)Nc2ccc3nc(N)[nH]c3c2)n1. The van der Waals surface area contributed by atoms with Crippen LogP contribution in [0, 0.1) is 0 Å². The van der Waals surface area contributed by atoms with Crippen LogP contribution in [0.4, 0.5) is 11.6 Å². The molecule has 0 atom stereocenters. The highest BCUT2D eigenvalue weighted by molar-refractivity contribution is 6.09. The number of phenolic OH excluding ortho intramolecular Hbond substituents is 1. The number of pyridine rings is 1. The number of anilines is 2. The molecule has 0 saturated carbocycles. The molecule has 0 aliphatic heterocycles. The van der Waals surface area contributed by atoms with E-state index in [1.165, 1.54) is 25.3 Å². The number of carboxylic acids is 1. The zero-order chi connectivity index (χ0) is 22.1. The summed E-state index contributed by atoms with van der Waals surface area (Å²) < 4.78 is 5.13. The molecule has 10 heteroatoms. The molecule has 10 nitrogen and oxygen atoms in total. The van der Waals surface area contributed by atoms with Crippen LogP contribution < -0.4 is 15.8 Å². The molecule has 2 aromatic carbocycles. The highest BCUT2D eigenvalue weighted by Crippen LogP contribution is 2.31. The van der Waals surface area contributed by atoms with Gasteiger partial charge in [-0.05, 0) is 48.0 Å². The number of hydrogen-bond donors (Lipinski definition) is 5. The van der Waals surface area contributed by atoms with Crippen LogP contribution in [-0.2, 0) is 0 Å². The highest BCUT2D eigenvalue weighted by atomic mass is 16.5. The molecule has 156 valence electrons. The number of aromatic nitrogens is 3. The Morgan fingerprint density at radius 3 is 2.58 bits per heavy atom. The van der Waals surface area contributed by atoms with Crippen LogP contribution in [0.15, 0.2) is 48.5 Å². The van der Waals surface area contributed by atoms with Gasteiger partial charge in [0, 0.05) is 17.3 Å².